The molecule has 3 rings (SSSR count). The molecule has 0 aliphatic carbocycles. The monoisotopic (exact) mass is 325 g/mol. The van der Waals surface area contributed by atoms with Crippen LogP contribution in [0.3, 0.4) is 0 Å². The number of aryl methyl sites for hydroxylation is 1. The van der Waals surface area contributed by atoms with E-state index in [4.69, 9.17) is 10.5 Å². The molecule has 0 saturated heterocycles. The van der Waals surface area contributed by atoms with Gasteiger partial charge in [0.2, 0.25) is 5.91 Å². The molecule has 0 aromatic heterocycles. The Bertz CT molecular complexity index is 773. The number of benzene rings is 2. The molecule has 1 unspecified atom stereocenters. The summed E-state index contributed by atoms with van der Waals surface area (Å²) in [6.07, 6.45) is 0.00723. The highest BCUT2D eigenvalue weighted by atomic mass is 16.5. The summed E-state index contributed by atoms with van der Waals surface area (Å²) in [5.41, 5.74) is 10.5. The van der Waals surface area contributed by atoms with E-state index >= 15 is 0 Å². The van der Waals surface area contributed by atoms with Crippen molar-refractivity contribution in [1.82, 2.24) is 0 Å². The van der Waals surface area contributed by atoms with Gasteiger partial charge in [0.25, 0.3) is 0 Å². The van der Waals surface area contributed by atoms with Crippen LogP contribution >= 0.6 is 0 Å². The summed E-state index contributed by atoms with van der Waals surface area (Å²) in [5, 5.41) is 3.01. The molecule has 1 atom stereocenters. The zero-order chi connectivity index (χ0) is 17.3. The molecular formula is C19H23N3O2. The normalized spacial score (nSPS) is 16.3. The van der Waals surface area contributed by atoms with Crippen LogP contribution in [0.2, 0.25) is 0 Å². The number of nitrogens with one attached hydrogen (secondary N) is 1. The summed E-state index contributed by atoms with van der Waals surface area (Å²) in [5.74, 6) is 0.689. The number of fused-ring (bicyclic) bond motifs is 1. The van der Waals surface area contributed by atoms with Crippen LogP contribution < -0.4 is 20.7 Å². The standard InChI is InChI=1S/C19H23N3O2/c1-12-5-4-6-16(14(12)3)21-19(23)11-22-10-13(2)24-18-9-15(20)7-8-17(18)22/h4-9,13H,10-11,20H2,1-3H3,(H,21,23). The average molecular weight is 325 g/mol. The van der Waals surface area contributed by atoms with Crippen molar-refractivity contribution in [1.29, 1.82) is 0 Å². The summed E-state index contributed by atoms with van der Waals surface area (Å²) >= 11 is 0. The number of rotatable bonds is 3. The molecule has 126 valence electrons. The van der Waals surface area contributed by atoms with Gasteiger partial charge in [-0.2, -0.15) is 0 Å². The maximum absolute atomic E-state index is 12.5. The molecule has 3 N–H and O–H groups in total. The molecule has 1 amide bonds. The number of nitrogen functional groups attached to an aromatic ring is 1. The van der Waals surface area contributed by atoms with E-state index in [0.29, 0.717) is 12.2 Å². The van der Waals surface area contributed by atoms with Crippen LogP contribution in [0.1, 0.15) is 18.1 Å². The van der Waals surface area contributed by atoms with E-state index in [1.165, 1.54) is 0 Å². The third-order valence-electron chi connectivity index (χ3n) is 4.34. The minimum absolute atomic E-state index is 0.00723. The lowest BCUT2D eigenvalue weighted by Gasteiger charge is -2.34. The third kappa shape index (κ3) is 3.30. The van der Waals surface area contributed by atoms with Crippen molar-refractivity contribution in [3.8, 4) is 5.75 Å². The molecule has 5 heteroatoms. The molecule has 0 saturated carbocycles. The zero-order valence-electron chi connectivity index (χ0n) is 14.3. The van der Waals surface area contributed by atoms with Gasteiger partial charge in [0.1, 0.15) is 11.9 Å². The fourth-order valence-electron chi connectivity index (χ4n) is 2.95. The summed E-state index contributed by atoms with van der Waals surface area (Å²) in [4.78, 5) is 14.5. The van der Waals surface area contributed by atoms with Crippen molar-refractivity contribution >= 4 is 23.0 Å². The first-order valence-corrected chi connectivity index (χ1v) is 8.11. The van der Waals surface area contributed by atoms with E-state index in [0.717, 1.165) is 28.3 Å². The predicted octanol–water partition coefficient (Wildman–Crippen LogP) is 3.11. The van der Waals surface area contributed by atoms with Gasteiger partial charge in [0, 0.05) is 17.4 Å². The molecule has 1 aliphatic heterocycles. The minimum atomic E-state index is -0.0411. The number of carbonyl (C=O) groups excluding carboxylic acids is 1. The summed E-state index contributed by atoms with van der Waals surface area (Å²) in [7, 11) is 0. The Labute approximate surface area is 142 Å². The first-order chi connectivity index (χ1) is 11.4. The van der Waals surface area contributed by atoms with Crippen LogP contribution in [0, 0.1) is 13.8 Å². The van der Waals surface area contributed by atoms with E-state index < -0.39 is 0 Å². The molecule has 5 nitrogen and oxygen atoms in total. The molecule has 0 radical (unpaired) electrons. The number of nitrogens with zero attached hydrogens (tertiary/aromatic N) is 1. The van der Waals surface area contributed by atoms with E-state index in [1.807, 2.05) is 56.0 Å². The molecule has 0 spiro atoms. The van der Waals surface area contributed by atoms with Crippen LogP contribution in [0.15, 0.2) is 36.4 Å². The Kier molecular flexibility index (Phi) is 4.34. The summed E-state index contributed by atoms with van der Waals surface area (Å²) in [6.45, 7) is 6.98. The number of hydrogen-bond acceptors (Lipinski definition) is 4. The van der Waals surface area contributed by atoms with E-state index in [9.17, 15) is 4.79 Å². The van der Waals surface area contributed by atoms with E-state index in [1.54, 1.807) is 6.07 Å². The summed E-state index contributed by atoms with van der Waals surface area (Å²) in [6, 6.07) is 11.5. The highest BCUT2D eigenvalue weighted by Crippen LogP contribution is 2.34. The topological polar surface area (TPSA) is 67.6 Å². The quantitative estimate of drug-likeness (QED) is 0.851. The van der Waals surface area contributed by atoms with Crippen molar-refractivity contribution < 1.29 is 9.53 Å². The maximum atomic E-state index is 12.5. The Hall–Kier alpha value is -2.69. The number of nitrogens with two attached hydrogens (primary N) is 1. The number of carbonyl (C=O) groups is 1. The fourth-order valence-corrected chi connectivity index (χ4v) is 2.95. The van der Waals surface area contributed by atoms with Crippen molar-refractivity contribution in [2.24, 2.45) is 0 Å². The number of ether oxygens (including phenoxy) is 1. The van der Waals surface area contributed by atoms with Crippen LogP contribution in [0.4, 0.5) is 17.1 Å². The molecular weight excluding hydrogens is 302 g/mol. The van der Waals surface area contributed by atoms with Gasteiger partial charge in [-0.15, -0.1) is 0 Å². The van der Waals surface area contributed by atoms with Gasteiger partial charge in [0.05, 0.1) is 18.8 Å². The Morgan fingerprint density at radius 2 is 2.12 bits per heavy atom. The van der Waals surface area contributed by atoms with Gasteiger partial charge in [-0.25, -0.2) is 0 Å². The first-order valence-electron chi connectivity index (χ1n) is 8.11. The van der Waals surface area contributed by atoms with Gasteiger partial charge < -0.3 is 20.7 Å². The number of anilines is 3. The van der Waals surface area contributed by atoms with Crippen molar-refractivity contribution in [2.75, 3.05) is 29.0 Å². The Morgan fingerprint density at radius 3 is 2.92 bits per heavy atom. The van der Waals surface area contributed by atoms with Crippen LogP contribution in [0.5, 0.6) is 5.75 Å². The summed E-state index contributed by atoms with van der Waals surface area (Å²) < 4.78 is 5.82. The van der Waals surface area contributed by atoms with Gasteiger partial charge in [-0.05, 0) is 50.1 Å². The van der Waals surface area contributed by atoms with Gasteiger partial charge >= 0.3 is 0 Å². The molecule has 24 heavy (non-hydrogen) atoms. The lowest BCUT2D eigenvalue weighted by molar-refractivity contribution is -0.115. The number of hydrogen-bond donors (Lipinski definition) is 2. The molecule has 1 aliphatic rings. The van der Waals surface area contributed by atoms with Crippen molar-refractivity contribution in [2.45, 2.75) is 26.9 Å². The predicted molar refractivity (Wildman–Crippen MR) is 97.7 cm³/mol. The molecule has 0 bridgehead atoms. The minimum Gasteiger partial charge on any atom is -0.487 e. The molecule has 1 heterocycles. The second-order valence-electron chi connectivity index (χ2n) is 6.33. The van der Waals surface area contributed by atoms with Crippen LogP contribution in [0.25, 0.3) is 0 Å². The van der Waals surface area contributed by atoms with Crippen molar-refractivity contribution in [3.05, 3.63) is 47.5 Å². The van der Waals surface area contributed by atoms with Crippen LogP contribution in [-0.2, 0) is 4.79 Å². The van der Waals surface area contributed by atoms with E-state index in [2.05, 4.69) is 5.32 Å². The molecule has 2 aromatic rings. The smallest absolute Gasteiger partial charge is 0.243 e. The third-order valence-corrected chi connectivity index (χ3v) is 4.34. The highest BCUT2D eigenvalue weighted by molar-refractivity contribution is 5.95. The largest absolute Gasteiger partial charge is 0.487 e. The van der Waals surface area contributed by atoms with Gasteiger partial charge in [-0.3, -0.25) is 4.79 Å². The van der Waals surface area contributed by atoms with E-state index in [-0.39, 0.29) is 18.6 Å². The zero-order valence-corrected chi connectivity index (χ0v) is 14.3. The average Bonchev–Trinajstić information content (AvgIpc) is 2.51. The van der Waals surface area contributed by atoms with Gasteiger partial charge in [0.15, 0.2) is 0 Å². The second-order valence-corrected chi connectivity index (χ2v) is 6.33. The van der Waals surface area contributed by atoms with Gasteiger partial charge in [-0.1, -0.05) is 12.1 Å². The van der Waals surface area contributed by atoms with Crippen LogP contribution in [-0.4, -0.2) is 25.1 Å². The highest BCUT2D eigenvalue weighted by Gasteiger charge is 2.24. The Balaban J connectivity index is 1.76. The maximum Gasteiger partial charge on any atom is 0.243 e. The Morgan fingerprint density at radius 1 is 1.33 bits per heavy atom. The second kappa shape index (κ2) is 6.43. The number of amides is 1. The lowest BCUT2D eigenvalue weighted by Crippen LogP contribution is -2.42. The lowest BCUT2D eigenvalue weighted by atomic mass is 10.1. The first kappa shape index (κ1) is 16.2. The fraction of sp³-hybridized carbons (Fsp3) is 0.316. The SMILES string of the molecule is Cc1cccc(NC(=O)CN2CC(C)Oc3cc(N)ccc32)c1C. The molecule has 2 aromatic carbocycles. The van der Waals surface area contributed by atoms with Crippen molar-refractivity contribution in [3.63, 3.8) is 0 Å². The molecule has 0 fully saturated rings.